The van der Waals surface area contributed by atoms with Gasteiger partial charge in [-0.25, -0.2) is 0 Å². The van der Waals surface area contributed by atoms with Crippen molar-refractivity contribution in [3.63, 3.8) is 0 Å². The Balaban J connectivity index is 1.74. The lowest BCUT2D eigenvalue weighted by Crippen LogP contribution is -2.43. The molecule has 1 saturated heterocycles. The van der Waals surface area contributed by atoms with Crippen LogP contribution in [0.25, 0.3) is 0 Å². The summed E-state index contributed by atoms with van der Waals surface area (Å²) in [7, 11) is 0. The summed E-state index contributed by atoms with van der Waals surface area (Å²) in [5.74, 6) is -0.243. The smallest absolute Gasteiger partial charge is 0.303 e. The minimum atomic E-state index is -0.273. The number of benzene rings is 1. The van der Waals surface area contributed by atoms with E-state index >= 15 is 0 Å². The first-order valence-electron chi connectivity index (χ1n) is 7.83. The number of ether oxygens (including phenoxy) is 2. The maximum Gasteiger partial charge on any atom is 0.303 e. The Bertz CT molecular complexity index is 641. The summed E-state index contributed by atoms with van der Waals surface area (Å²) in [5.41, 5.74) is 2.66. The molecule has 5 heteroatoms. The highest BCUT2D eigenvalue weighted by molar-refractivity contribution is 8.00. The molecule has 4 rings (SSSR count). The number of rotatable bonds is 2. The van der Waals surface area contributed by atoms with Gasteiger partial charge in [-0.15, -0.1) is 11.8 Å². The van der Waals surface area contributed by atoms with E-state index in [1.807, 2.05) is 23.9 Å². The molecule has 2 aliphatic heterocycles. The van der Waals surface area contributed by atoms with Crippen molar-refractivity contribution < 1.29 is 19.1 Å². The van der Waals surface area contributed by atoms with Gasteiger partial charge in [0.1, 0.15) is 12.2 Å². The first kappa shape index (κ1) is 14.8. The number of carbonyl (C=O) groups is 2. The van der Waals surface area contributed by atoms with Gasteiger partial charge in [-0.05, 0) is 23.3 Å². The van der Waals surface area contributed by atoms with Gasteiger partial charge in [-0.1, -0.05) is 24.3 Å². The van der Waals surface area contributed by atoms with Crippen LogP contribution < -0.4 is 0 Å². The minimum absolute atomic E-state index is 0.151. The molecular formula is C18H18O4S. The average Bonchev–Trinajstić information content (AvgIpc) is 3.06. The van der Waals surface area contributed by atoms with E-state index in [1.165, 1.54) is 25.0 Å². The molecule has 0 radical (unpaired) electrons. The summed E-state index contributed by atoms with van der Waals surface area (Å²) < 4.78 is 11.1. The van der Waals surface area contributed by atoms with Crippen LogP contribution in [0, 0.1) is 11.8 Å². The molecule has 2 bridgehead atoms. The number of hydrogen-bond acceptors (Lipinski definition) is 5. The van der Waals surface area contributed by atoms with Gasteiger partial charge in [0.05, 0.1) is 0 Å². The lowest BCUT2D eigenvalue weighted by Gasteiger charge is -2.40. The summed E-state index contributed by atoms with van der Waals surface area (Å²) in [6, 6.07) is 8.43. The zero-order valence-electron chi connectivity index (χ0n) is 13.0. The molecule has 1 aromatic carbocycles. The zero-order chi connectivity index (χ0) is 16.1. The van der Waals surface area contributed by atoms with Crippen LogP contribution in [0.3, 0.4) is 0 Å². The Labute approximate surface area is 139 Å². The fourth-order valence-corrected chi connectivity index (χ4v) is 6.28. The molecule has 3 aliphatic rings. The number of hydrogen-bond donors (Lipinski definition) is 0. The van der Waals surface area contributed by atoms with Gasteiger partial charge < -0.3 is 9.47 Å². The van der Waals surface area contributed by atoms with Crippen LogP contribution in [-0.2, 0) is 19.1 Å². The molecule has 0 spiro atoms. The van der Waals surface area contributed by atoms with Crippen LogP contribution in [0.2, 0.25) is 0 Å². The second-order valence-corrected chi connectivity index (χ2v) is 7.58. The number of carbonyl (C=O) groups excluding carboxylic acids is 2. The van der Waals surface area contributed by atoms with Crippen molar-refractivity contribution in [2.75, 3.05) is 0 Å². The molecule has 0 amide bonds. The molecule has 0 N–H and O–H groups in total. The summed E-state index contributed by atoms with van der Waals surface area (Å²) in [5, 5.41) is 0.571. The molecule has 23 heavy (non-hydrogen) atoms. The summed E-state index contributed by atoms with van der Waals surface area (Å²) in [4.78, 5) is 22.9. The predicted octanol–water partition coefficient (Wildman–Crippen LogP) is 3.19. The Morgan fingerprint density at radius 1 is 0.870 bits per heavy atom. The van der Waals surface area contributed by atoms with Crippen LogP contribution in [0.15, 0.2) is 36.4 Å². The first-order valence-corrected chi connectivity index (χ1v) is 8.77. The van der Waals surface area contributed by atoms with Gasteiger partial charge in [0.25, 0.3) is 0 Å². The van der Waals surface area contributed by atoms with Gasteiger partial charge in [0, 0.05) is 36.2 Å². The average molecular weight is 330 g/mol. The van der Waals surface area contributed by atoms with E-state index in [9.17, 15) is 9.59 Å². The third-order valence-corrected chi connectivity index (χ3v) is 6.62. The molecule has 1 aliphatic carbocycles. The van der Waals surface area contributed by atoms with E-state index in [2.05, 4.69) is 24.3 Å². The maximum atomic E-state index is 11.5. The third kappa shape index (κ3) is 2.29. The van der Waals surface area contributed by atoms with Crippen molar-refractivity contribution in [1.29, 1.82) is 0 Å². The van der Waals surface area contributed by atoms with Gasteiger partial charge in [0.2, 0.25) is 0 Å². The third-order valence-electron chi connectivity index (χ3n) is 4.90. The van der Waals surface area contributed by atoms with Crippen LogP contribution in [0.4, 0.5) is 0 Å². The van der Waals surface area contributed by atoms with Crippen molar-refractivity contribution in [3.05, 3.63) is 47.5 Å². The quantitative estimate of drug-likeness (QED) is 0.616. The monoisotopic (exact) mass is 330 g/mol. The summed E-state index contributed by atoms with van der Waals surface area (Å²) in [6.45, 7) is 2.88. The van der Waals surface area contributed by atoms with Crippen molar-refractivity contribution in [3.8, 4) is 0 Å². The van der Waals surface area contributed by atoms with Gasteiger partial charge in [-0.2, -0.15) is 0 Å². The molecule has 1 fully saturated rings. The van der Waals surface area contributed by atoms with E-state index in [0.717, 1.165) is 0 Å². The minimum Gasteiger partial charge on any atom is -0.458 e. The Kier molecular flexibility index (Phi) is 3.48. The Morgan fingerprint density at radius 2 is 1.30 bits per heavy atom. The fraction of sp³-hybridized carbons (Fsp3) is 0.444. The number of thioether (sulfide) groups is 1. The molecule has 120 valence electrons. The number of fused-ring (bicyclic) bond motifs is 8. The summed E-state index contributed by atoms with van der Waals surface area (Å²) in [6.07, 6.45) is 3.28. The topological polar surface area (TPSA) is 52.6 Å². The van der Waals surface area contributed by atoms with Crippen molar-refractivity contribution in [1.82, 2.24) is 0 Å². The molecule has 0 saturated carbocycles. The fourth-order valence-electron chi connectivity index (χ4n) is 4.21. The van der Waals surface area contributed by atoms with E-state index < -0.39 is 0 Å². The standard InChI is InChI=1S/C18H18O4S/c1-9(19)21-13-7-8-14(22-10(2)20)16-15(13)17-11-5-3-4-6-12(11)18(16)23-17/h3-8,13-18H,1-2H3/t13-,14+,15?,16?,17+,18-. The van der Waals surface area contributed by atoms with E-state index in [1.54, 1.807) is 0 Å². The van der Waals surface area contributed by atoms with Crippen LogP contribution >= 0.6 is 11.8 Å². The molecular weight excluding hydrogens is 312 g/mol. The second kappa shape index (κ2) is 5.41. The van der Waals surface area contributed by atoms with Crippen molar-refractivity contribution >= 4 is 23.7 Å². The van der Waals surface area contributed by atoms with E-state index in [0.29, 0.717) is 0 Å². The maximum absolute atomic E-state index is 11.5. The normalized spacial score (nSPS) is 36.3. The highest BCUT2D eigenvalue weighted by Crippen LogP contribution is 2.69. The molecule has 1 aromatic rings. The van der Waals surface area contributed by atoms with E-state index in [-0.39, 0.29) is 46.5 Å². The highest BCUT2D eigenvalue weighted by atomic mass is 32.2. The molecule has 0 aromatic heterocycles. The first-order chi connectivity index (χ1) is 11.1. The Morgan fingerprint density at radius 3 is 1.70 bits per heavy atom. The highest BCUT2D eigenvalue weighted by Gasteiger charge is 2.58. The largest absolute Gasteiger partial charge is 0.458 e. The Hall–Kier alpha value is -1.75. The lowest BCUT2D eigenvalue weighted by molar-refractivity contribution is -0.155. The van der Waals surface area contributed by atoms with Gasteiger partial charge in [-0.3, -0.25) is 9.59 Å². The van der Waals surface area contributed by atoms with Crippen LogP contribution in [-0.4, -0.2) is 24.1 Å². The molecule has 2 unspecified atom stereocenters. The van der Waals surface area contributed by atoms with Crippen LogP contribution in [0.5, 0.6) is 0 Å². The van der Waals surface area contributed by atoms with Crippen molar-refractivity contribution in [2.45, 2.75) is 36.6 Å². The molecule has 4 nitrogen and oxygen atoms in total. The summed E-state index contributed by atoms with van der Waals surface area (Å²) >= 11 is 1.90. The predicted molar refractivity (Wildman–Crippen MR) is 86.7 cm³/mol. The van der Waals surface area contributed by atoms with Gasteiger partial charge >= 0.3 is 11.9 Å². The molecule has 2 heterocycles. The van der Waals surface area contributed by atoms with Crippen molar-refractivity contribution in [2.24, 2.45) is 11.8 Å². The lowest BCUT2D eigenvalue weighted by atomic mass is 9.68. The van der Waals surface area contributed by atoms with Gasteiger partial charge in [0.15, 0.2) is 0 Å². The number of esters is 2. The van der Waals surface area contributed by atoms with Crippen LogP contribution in [0.1, 0.15) is 35.5 Å². The second-order valence-electron chi connectivity index (χ2n) is 6.29. The SMILES string of the molecule is CC(=O)O[C@H]1C=C[C@@H](OC(C)=O)C2C1[C@@H]1S[C@H]2c2ccccc21. The zero-order valence-corrected chi connectivity index (χ0v) is 13.8. The van der Waals surface area contributed by atoms with E-state index in [4.69, 9.17) is 9.47 Å². The molecule has 6 atom stereocenters.